The van der Waals surface area contributed by atoms with Gasteiger partial charge in [0.25, 0.3) is 0 Å². The summed E-state index contributed by atoms with van der Waals surface area (Å²) in [5.74, 6) is 1.99. The fourth-order valence-corrected chi connectivity index (χ4v) is 3.07. The van der Waals surface area contributed by atoms with Gasteiger partial charge in [0.05, 0.1) is 6.61 Å². The van der Waals surface area contributed by atoms with Crippen LogP contribution in [0.25, 0.3) is 0 Å². The van der Waals surface area contributed by atoms with Gasteiger partial charge in [-0.15, -0.1) is 24.0 Å². The highest BCUT2D eigenvalue weighted by Gasteiger charge is 2.25. The second kappa shape index (κ2) is 13.6. The monoisotopic (exact) mass is 502 g/mol. The second-order valence-electron chi connectivity index (χ2n) is 6.95. The lowest BCUT2D eigenvalue weighted by Crippen LogP contribution is -2.45. The lowest BCUT2D eigenvalue weighted by atomic mass is 10.2. The van der Waals surface area contributed by atoms with E-state index in [4.69, 9.17) is 4.74 Å². The maximum Gasteiger partial charge on any atom is 0.222 e. The number of hydrogen-bond acceptors (Lipinski definition) is 3. The summed E-state index contributed by atoms with van der Waals surface area (Å²) in [4.78, 5) is 18.4. The van der Waals surface area contributed by atoms with Crippen LogP contribution in [-0.2, 0) is 4.79 Å². The molecule has 1 amide bonds. The van der Waals surface area contributed by atoms with Crippen molar-refractivity contribution in [3.05, 3.63) is 29.8 Å². The number of aryl methyl sites for hydroxylation is 1. The molecular weight excluding hydrogens is 467 g/mol. The van der Waals surface area contributed by atoms with Gasteiger partial charge in [-0.05, 0) is 45.2 Å². The zero-order valence-corrected chi connectivity index (χ0v) is 19.7. The van der Waals surface area contributed by atoms with Crippen molar-refractivity contribution in [3.63, 3.8) is 0 Å². The number of carbonyl (C=O) groups excluding carboxylic acids is 1. The third kappa shape index (κ3) is 8.67. The fourth-order valence-electron chi connectivity index (χ4n) is 3.07. The number of guanidine groups is 1. The number of amides is 1. The van der Waals surface area contributed by atoms with Crippen LogP contribution in [0.3, 0.4) is 0 Å². The van der Waals surface area contributed by atoms with Crippen LogP contribution < -0.4 is 15.4 Å². The molecule has 1 heterocycles. The Morgan fingerprint density at radius 3 is 2.68 bits per heavy atom. The molecule has 1 unspecified atom stereocenters. The van der Waals surface area contributed by atoms with E-state index in [0.717, 1.165) is 57.2 Å². The Hall–Kier alpha value is -1.51. The number of aliphatic imine (C=N–C) groups is 1. The quantitative estimate of drug-likeness (QED) is 0.235. The molecule has 2 N–H and O–H groups in total. The highest BCUT2D eigenvalue weighted by molar-refractivity contribution is 14.0. The number of likely N-dealkylation sites (tertiary alicyclic amines) is 1. The first-order valence-electron chi connectivity index (χ1n) is 10.1. The van der Waals surface area contributed by atoms with E-state index in [9.17, 15) is 4.79 Å². The largest absolute Gasteiger partial charge is 0.494 e. The molecule has 2 rings (SSSR count). The summed E-state index contributed by atoms with van der Waals surface area (Å²) in [6, 6.07) is 8.42. The molecular formula is C21H35IN4O2. The number of halogens is 1. The lowest BCUT2D eigenvalue weighted by Gasteiger charge is -2.18. The van der Waals surface area contributed by atoms with Crippen molar-refractivity contribution in [2.75, 3.05) is 32.8 Å². The van der Waals surface area contributed by atoms with Crippen molar-refractivity contribution >= 4 is 35.8 Å². The van der Waals surface area contributed by atoms with Gasteiger partial charge in [0.2, 0.25) is 5.91 Å². The van der Waals surface area contributed by atoms with Gasteiger partial charge in [0.15, 0.2) is 5.96 Å². The standard InChI is InChI=1S/C21H34N4O2.HI/c1-4-20(26)25-14-12-18(16-25)24-21(22-5-2)23-13-6-7-15-27-19-10-8-17(3)9-11-19;/h8-11,18H,4-7,12-16H2,1-3H3,(H2,22,23,24);1H. The normalized spacial score (nSPS) is 16.5. The first-order chi connectivity index (χ1) is 13.1. The minimum atomic E-state index is 0. The molecule has 1 aromatic carbocycles. The molecule has 0 spiro atoms. The molecule has 1 saturated heterocycles. The molecule has 1 aliphatic heterocycles. The Kier molecular flexibility index (Phi) is 11.9. The molecule has 0 saturated carbocycles. The Balaban J connectivity index is 0.00000392. The van der Waals surface area contributed by atoms with E-state index >= 15 is 0 Å². The number of hydrogen-bond donors (Lipinski definition) is 2. The summed E-state index contributed by atoms with van der Waals surface area (Å²) in [5.41, 5.74) is 1.24. The molecule has 7 heteroatoms. The zero-order valence-electron chi connectivity index (χ0n) is 17.4. The number of unbranched alkanes of at least 4 members (excludes halogenated alkanes) is 1. The van der Waals surface area contributed by atoms with Crippen LogP contribution in [0.5, 0.6) is 5.75 Å². The van der Waals surface area contributed by atoms with E-state index in [1.807, 2.05) is 24.0 Å². The van der Waals surface area contributed by atoms with Crippen LogP contribution in [-0.4, -0.2) is 55.6 Å². The summed E-state index contributed by atoms with van der Waals surface area (Å²) < 4.78 is 5.75. The molecule has 1 fully saturated rings. The summed E-state index contributed by atoms with van der Waals surface area (Å²) >= 11 is 0. The number of benzene rings is 1. The Labute approximate surface area is 186 Å². The van der Waals surface area contributed by atoms with Gasteiger partial charge in [0.1, 0.15) is 5.75 Å². The van der Waals surface area contributed by atoms with E-state index in [2.05, 4.69) is 41.6 Å². The van der Waals surface area contributed by atoms with E-state index in [1.165, 1.54) is 5.56 Å². The van der Waals surface area contributed by atoms with Crippen LogP contribution in [0.2, 0.25) is 0 Å². The van der Waals surface area contributed by atoms with Crippen LogP contribution in [0.15, 0.2) is 29.3 Å². The van der Waals surface area contributed by atoms with Crippen molar-refractivity contribution in [2.24, 2.45) is 4.99 Å². The molecule has 0 aliphatic carbocycles. The first-order valence-corrected chi connectivity index (χ1v) is 10.1. The average Bonchev–Trinajstić information content (AvgIpc) is 3.14. The summed E-state index contributed by atoms with van der Waals surface area (Å²) in [6.07, 6.45) is 3.50. The molecule has 1 aromatic rings. The van der Waals surface area contributed by atoms with Crippen molar-refractivity contribution < 1.29 is 9.53 Å². The van der Waals surface area contributed by atoms with Crippen molar-refractivity contribution in [2.45, 2.75) is 52.5 Å². The minimum Gasteiger partial charge on any atom is -0.494 e. The molecule has 28 heavy (non-hydrogen) atoms. The van der Waals surface area contributed by atoms with Gasteiger partial charge in [0, 0.05) is 38.6 Å². The van der Waals surface area contributed by atoms with Gasteiger partial charge < -0.3 is 20.3 Å². The molecule has 6 nitrogen and oxygen atoms in total. The van der Waals surface area contributed by atoms with Crippen molar-refractivity contribution in [1.29, 1.82) is 0 Å². The summed E-state index contributed by atoms with van der Waals surface area (Å²) in [7, 11) is 0. The highest BCUT2D eigenvalue weighted by atomic mass is 127. The maximum atomic E-state index is 11.8. The van der Waals surface area contributed by atoms with E-state index in [-0.39, 0.29) is 35.9 Å². The molecule has 1 atom stereocenters. The predicted octanol–water partition coefficient (Wildman–Crippen LogP) is 3.34. The number of nitrogens with zero attached hydrogens (tertiary/aromatic N) is 2. The summed E-state index contributed by atoms with van der Waals surface area (Å²) in [6.45, 7) is 9.94. The average molecular weight is 502 g/mol. The maximum absolute atomic E-state index is 11.8. The Bertz CT molecular complexity index is 607. The Morgan fingerprint density at radius 2 is 2.00 bits per heavy atom. The van der Waals surface area contributed by atoms with E-state index in [1.54, 1.807) is 0 Å². The smallest absolute Gasteiger partial charge is 0.222 e. The second-order valence-corrected chi connectivity index (χ2v) is 6.95. The molecule has 0 bridgehead atoms. The van der Waals surface area contributed by atoms with Gasteiger partial charge in [-0.2, -0.15) is 0 Å². The van der Waals surface area contributed by atoms with Crippen molar-refractivity contribution in [1.82, 2.24) is 15.5 Å². The third-order valence-electron chi connectivity index (χ3n) is 4.64. The number of rotatable bonds is 9. The van der Waals surface area contributed by atoms with E-state index < -0.39 is 0 Å². The fraction of sp³-hybridized carbons (Fsp3) is 0.619. The molecule has 1 aliphatic rings. The number of carbonyl (C=O) groups is 1. The van der Waals surface area contributed by atoms with Crippen LogP contribution in [0.4, 0.5) is 0 Å². The number of ether oxygens (including phenoxy) is 1. The first kappa shape index (κ1) is 24.5. The van der Waals surface area contributed by atoms with Gasteiger partial charge >= 0.3 is 0 Å². The molecule has 0 radical (unpaired) electrons. The Morgan fingerprint density at radius 1 is 1.25 bits per heavy atom. The van der Waals surface area contributed by atoms with Gasteiger partial charge in [-0.25, -0.2) is 0 Å². The van der Waals surface area contributed by atoms with Gasteiger partial charge in [-0.1, -0.05) is 24.6 Å². The highest BCUT2D eigenvalue weighted by Crippen LogP contribution is 2.12. The van der Waals surface area contributed by atoms with E-state index in [0.29, 0.717) is 13.0 Å². The zero-order chi connectivity index (χ0) is 19.5. The number of nitrogens with one attached hydrogen (secondary N) is 2. The SMILES string of the molecule is CCNC(=NCCCCOc1ccc(C)cc1)NC1CCN(C(=O)CC)C1.I. The van der Waals surface area contributed by atoms with Crippen molar-refractivity contribution in [3.8, 4) is 5.75 Å². The predicted molar refractivity (Wildman–Crippen MR) is 126 cm³/mol. The molecule has 158 valence electrons. The topological polar surface area (TPSA) is 66.0 Å². The minimum absolute atomic E-state index is 0. The summed E-state index contributed by atoms with van der Waals surface area (Å²) in [5, 5.41) is 6.76. The lowest BCUT2D eigenvalue weighted by molar-refractivity contribution is -0.129. The van der Waals surface area contributed by atoms with Crippen LogP contribution in [0.1, 0.15) is 45.1 Å². The van der Waals surface area contributed by atoms with Gasteiger partial charge in [-0.3, -0.25) is 9.79 Å². The molecule has 0 aromatic heterocycles. The third-order valence-corrected chi connectivity index (χ3v) is 4.64. The van der Waals surface area contributed by atoms with Crippen LogP contribution in [0, 0.1) is 6.92 Å². The van der Waals surface area contributed by atoms with Crippen LogP contribution >= 0.6 is 24.0 Å².